The molecule has 2 N–H and O–H groups in total. The summed E-state index contributed by atoms with van der Waals surface area (Å²) in [5, 5.41) is 2.36. The molecule has 1 fully saturated rings. The fourth-order valence-corrected chi connectivity index (χ4v) is 3.43. The summed E-state index contributed by atoms with van der Waals surface area (Å²) in [6.07, 6.45) is 0.946. The van der Waals surface area contributed by atoms with Crippen LogP contribution in [-0.4, -0.2) is 34.8 Å². The molecule has 5 nitrogen and oxygen atoms in total. The molecule has 1 aromatic heterocycles. The van der Waals surface area contributed by atoms with Gasteiger partial charge in [0.1, 0.15) is 11.5 Å². The van der Waals surface area contributed by atoms with Crippen LogP contribution in [0.5, 0.6) is 0 Å². The third-order valence-corrected chi connectivity index (χ3v) is 4.80. The minimum absolute atomic E-state index is 0.204. The second-order valence-electron chi connectivity index (χ2n) is 5.53. The van der Waals surface area contributed by atoms with Crippen molar-refractivity contribution in [3.05, 3.63) is 51.7 Å². The van der Waals surface area contributed by atoms with Gasteiger partial charge in [0.2, 0.25) is 5.91 Å². The molecule has 0 radical (unpaired) electrons. The van der Waals surface area contributed by atoms with E-state index in [0.717, 1.165) is 0 Å². The molecule has 1 saturated heterocycles. The number of likely N-dealkylation sites (tertiary alicyclic amines) is 1. The van der Waals surface area contributed by atoms with Crippen molar-refractivity contribution >= 4 is 23.2 Å². The standard InChI is InChI=1S/C16H16FN3O2S/c17-12-4-2-1-3-10(12)7-14-19-13(9-23-14)16(22)20-6-5-11(8-20)15(18)21/h1-4,9,11H,5-8H2,(H2,18,21)/t11-/m1/s1. The fourth-order valence-electron chi connectivity index (χ4n) is 2.63. The number of halogens is 1. The maximum atomic E-state index is 13.7. The monoisotopic (exact) mass is 333 g/mol. The number of nitrogens with two attached hydrogens (primary N) is 1. The summed E-state index contributed by atoms with van der Waals surface area (Å²) < 4.78 is 13.7. The first-order chi connectivity index (χ1) is 11.0. The Hall–Kier alpha value is -2.28. The van der Waals surface area contributed by atoms with Crippen molar-refractivity contribution in [3.8, 4) is 0 Å². The van der Waals surface area contributed by atoms with Crippen LogP contribution in [0.25, 0.3) is 0 Å². The molecule has 0 unspecified atom stereocenters. The van der Waals surface area contributed by atoms with Crippen LogP contribution in [0.4, 0.5) is 4.39 Å². The zero-order valence-electron chi connectivity index (χ0n) is 12.4. The predicted octanol–water partition coefficient (Wildman–Crippen LogP) is 1.82. The van der Waals surface area contributed by atoms with E-state index in [2.05, 4.69) is 4.98 Å². The number of primary amides is 1. The van der Waals surface area contributed by atoms with Gasteiger partial charge in [-0.3, -0.25) is 9.59 Å². The highest BCUT2D eigenvalue weighted by atomic mass is 32.1. The third-order valence-electron chi connectivity index (χ3n) is 3.95. The first kappa shape index (κ1) is 15.6. The Labute approximate surface area is 136 Å². The van der Waals surface area contributed by atoms with Crippen molar-refractivity contribution in [2.24, 2.45) is 11.7 Å². The Balaban J connectivity index is 1.69. The number of amides is 2. The number of rotatable bonds is 4. The number of hydrogen-bond acceptors (Lipinski definition) is 4. The maximum absolute atomic E-state index is 13.7. The first-order valence-corrected chi connectivity index (χ1v) is 8.19. The molecular weight excluding hydrogens is 317 g/mol. The smallest absolute Gasteiger partial charge is 0.273 e. The van der Waals surface area contributed by atoms with Gasteiger partial charge in [-0.05, 0) is 18.1 Å². The zero-order chi connectivity index (χ0) is 16.4. The van der Waals surface area contributed by atoms with Gasteiger partial charge in [-0.1, -0.05) is 18.2 Å². The van der Waals surface area contributed by atoms with Crippen molar-refractivity contribution in [2.45, 2.75) is 12.8 Å². The van der Waals surface area contributed by atoms with Gasteiger partial charge < -0.3 is 10.6 Å². The second-order valence-corrected chi connectivity index (χ2v) is 6.48. The quantitative estimate of drug-likeness (QED) is 0.927. The molecule has 23 heavy (non-hydrogen) atoms. The largest absolute Gasteiger partial charge is 0.369 e. The van der Waals surface area contributed by atoms with E-state index in [1.54, 1.807) is 28.5 Å². The molecule has 2 heterocycles. The summed E-state index contributed by atoms with van der Waals surface area (Å²) in [6, 6.07) is 6.52. The van der Waals surface area contributed by atoms with E-state index in [-0.39, 0.29) is 23.5 Å². The molecule has 2 amide bonds. The minimum Gasteiger partial charge on any atom is -0.369 e. The lowest BCUT2D eigenvalue weighted by Gasteiger charge is -2.14. The lowest BCUT2D eigenvalue weighted by Crippen LogP contribution is -2.31. The Morgan fingerprint density at radius 1 is 1.39 bits per heavy atom. The van der Waals surface area contributed by atoms with E-state index < -0.39 is 0 Å². The Morgan fingerprint density at radius 2 is 2.17 bits per heavy atom. The van der Waals surface area contributed by atoms with Gasteiger partial charge in [0.05, 0.1) is 10.9 Å². The average Bonchev–Trinajstić information content (AvgIpc) is 3.18. The summed E-state index contributed by atoms with van der Waals surface area (Å²) in [4.78, 5) is 29.5. The van der Waals surface area contributed by atoms with Crippen LogP contribution in [0.3, 0.4) is 0 Å². The van der Waals surface area contributed by atoms with E-state index in [4.69, 9.17) is 5.73 Å². The highest BCUT2D eigenvalue weighted by molar-refractivity contribution is 7.09. The maximum Gasteiger partial charge on any atom is 0.273 e. The second kappa shape index (κ2) is 6.45. The highest BCUT2D eigenvalue weighted by Crippen LogP contribution is 2.21. The topological polar surface area (TPSA) is 76.3 Å². The van der Waals surface area contributed by atoms with Crippen LogP contribution in [0.15, 0.2) is 29.6 Å². The first-order valence-electron chi connectivity index (χ1n) is 7.31. The lowest BCUT2D eigenvalue weighted by atomic mass is 10.1. The summed E-state index contributed by atoms with van der Waals surface area (Å²) in [5.74, 6) is -1.14. The van der Waals surface area contributed by atoms with Crippen molar-refractivity contribution < 1.29 is 14.0 Å². The third kappa shape index (κ3) is 3.39. The highest BCUT2D eigenvalue weighted by Gasteiger charge is 2.31. The van der Waals surface area contributed by atoms with E-state index in [1.165, 1.54) is 17.4 Å². The predicted molar refractivity (Wildman–Crippen MR) is 84.5 cm³/mol. The van der Waals surface area contributed by atoms with Crippen LogP contribution in [-0.2, 0) is 11.2 Å². The van der Waals surface area contributed by atoms with Gasteiger partial charge in [-0.25, -0.2) is 9.37 Å². The van der Waals surface area contributed by atoms with Crippen LogP contribution < -0.4 is 5.73 Å². The summed E-state index contributed by atoms with van der Waals surface area (Å²) in [7, 11) is 0. The molecule has 1 aliphatic rings. The zero-order valence-corrected chi connectivity index (χ0v) is 13.2. The van der Waals surface area contributed by atoms with Crippen molar-refractivity contribution in [1.29, 1.82) is 0 Å². The van der Waals surface area contributed by atoms with Crippen molar-refractivity contribution in [1.82, 2.24) is 9.88 Å². The van der Waals surface area contributed by atoms with Crippen molar-refractivity contribution in [2.75, 3.05) is 13.1 Å². The molecule has 7 heteroatoms. The molecular formula is C16H16FN3O2S. The molecule has 2 aromatic rings. The average molecular weight is 333 g/mol. The van der Waals surface area contributed by atoms with E-state index in [1.807, 2.05) is 0 Å². The number of aromatic nitrogens is 1. The molecule has 1 aliphatic heterocycles. The number of thiazole rings is 1. The number of benzene rings is 1. The van der Waals surface area contributed by atoms with Gasteiger partial charge in [0.25, 0.3) is 5.91 Å². The molecule has 0 saturated carbocycles. The van der Waals surface area contributed by atoms with Gasteiger partial charge in [-0.2, -0.15) is 0 Å². The lowest BCUT2D eigenvalue weighted by molar-refractivity contribution is -0.121. The summed E-state index contributed by atoms with van der Waals surface area (Å²) >= 11 is 1.33. The molecule has 0 aliphatic carbocycles. The van der Waals surface area contributed by atoms with E-state index in [9.17, 15) is 14.0 Å². The molecule has 1 aromatic carbocycles. The van der Waals surface area contributed by atoms with Crippen LogP contribution in [0, 0.1) is 11.7 Å². The SMILES string of the molecule is NC(=O)[C@@H]1CCN(C(=O)c2csc(Cc3ccccc3F)n2)C1. The van der Waals surface area contributed by atoms with E-state index >= 15 is 0 Å². The summed E-state index contributed by atoms with van der Waals surface area (Å²) in [6.45, 7) is 0.848. The molecule has 0 bridgehead atoms. The van der Waals surface area contributed by atoms with Crippen LogP contribution in [0.1, 0.15) is 27.5 Å². The molecule has 1 atom stereocenters. The van der Waals surface area contributed by atoms with Gasteiger partial charge in [-0.15, -0.1) is 11.3 Å². The van der Waals surface area contributed by atoms with Crippen LogP contribution in [0.2, 0.25) is 0 Å². The minimum atomic E-state index is -0.376. The number of carbonyl (C=O) groups is 2. The number of nitrogens with zero attached hydrogens (tertiary/aromatic N) is 2. The number of hydrogen-bond donors (Lipinski definition) is 1. The molecule has 0 spiro atoms. The van der Waals surface area contributed by atoms with Crippen molar-refractivity contribution in [3.63, 3.8) is 0 Å². The van der Waals surface area contributed by atoms with Crippen LogP contribution >= 0.6 is 11.3 Å². The van der Waals surface area contributed by atoms with Gasteiger partial charge in [0.15, 0.2) is 0 Å². The normalized spacial score (nSPS) is 17.4. The Morgan fingerprint density at radius 3 is 2.87 bits per heavy atom. The Bertz CT molecular complexity index is 746. The van der Waals surface area contributed by atoms with Gasteiger partial charge in [0, 0.05) is 24.9 Å². The molecule has 120 valence electrons. The van der Waals surface area contributed by atoms with Gasteiger partial charge >= 0.3 is 0 Å². The number of carbonyl (C=O) groups excluding carboxylic acids is 2. The summed E-state index contributed by atoms with van der Waals surface area (Å²) in [5.41, 5.74) is 6.17. The molecule has 3 rings (SSSR count). The fraction of sp³-hybridized carbons (Fsp3) is 0.312. The van der Waals surface area contributed by atoms with E-state index in [0.29, 0.717) is 42.2 Å². The Kier molecular flexibility index (Phi) is 4.38.